The van der Waals surface area contributed by atoms with E-state index in [-0.39, 0.29) is 17.6 Å². The van der Waals surface area contributed by atoms with Crippen molar-refractivity contribution in [2.45, 2.75) is 44.6 Å². The number of fused-ring (bicyclic) bond motifs is 1. The van der Waals surface area contributed by atoms with Crippen LogP contribution in [0, 0.1) is 18.6 Å². The number of nitrogens with two attached hydrogens (primary N) is 1. The number of H-pyrrole nitrogens is 1. The maximum atomic E-state index is 14.0. The predicted octanol–water partition coefficient (Wildman–Crippen LogP) is 2.17. The van der Waals surface area contributed by atoms with Crippen LogP contribution in [-0.2, 0) is 17.8 Å². The largest absolute Gasteiger partial charge is 0.370 e. The van der Waals surface area contributed by atoms with Crippen molar-refractivity contribution < 1.29 is 13.5 Å². The Bertz CT molecular complexity index is 740. The van der Waals surface area contributed by atoms with E-state index in [1.54, 1.807) is 0 Å². The quantitative estimate of drug-likeness (QED) is 0.883. The molecule has 24 heavy (non-hydrogen) atoms. The van der Waals surface area contributed by atoms with Crippen molar-refractivity contribution in [3.8, 4) is 0 Å². The Morgan fingerprint density at radius 2 is 2.17 bits per heavy atom. The summed E-state index contributed by atoms with van der Waals surface area (Å²) in [6.45, 7) is 3.94. The predicted molar refractivity (Wildman–Crippen MR) is 84.0 cm³/mol. The highest BCUT2D eigenvalue weighted by Crippen LogP contribution is 2.33. The first-order valence-electron chi connectivity index (χ1n) is 8.12. The van der Waals surface area contributed by atoms with Gasteiger partial charge < -0.3 is 15.5 Å². The molecule has 0 amide bonds. The van der Waals surface area contributed by atoms with E-state index < -0.39 is 17.7 Å². The van der Waals surface area contributed by atoms with E-state index in [0.29, 0.717) is 13.0 Å². The van der Waals surface area contributed by atoms with Crippen molar-refractivity contribution in [3.63, 3.8) is 0 Å². The molecule has 3 N–H and O–H groups in total. The first-order chi connectivity index (χ1) is 11.5. The smallest absolute Gasteiger partial charge is 0.129 e. The number of imidazole rings is 1. The molecule has 0 bridgehead atoms. The maximum absolute atomic E-state index is 14.0. The molecule has 3 atom stereocenters. The Balaban J connectivity index is 1.45. The van der Waals surface area contributed by atoms with Gasteiger partial charge in [0, 0.05) is 30.7 Å². The molecule has 2 aromatic rings. The molecule has 4 rings (SSSR count). The monoisotopic (exact) mass is 334 g/mol. The van der Waals surface area contributed by atoms with Crippen LogP contribution in [0.25, 0.3) is 0 Å². The van der Waals surface area contributed by atoms with E-state index >= 15 is 0 Å². The lowest BCUT2D eigenvalue weighted by Crippen LogP contribution is -2.47. The van der Waals surface area contributed by atoms with Gasteiger partial charge in [0.25, 0.3) is 0 Å². The minimum atomic E-state index is -0.613. The van der Waals surface area contributed by atoms with Crippen LogP contribution in [0.3, 0.4) is 0 Å². The van der Waals surface area contributed by atoms with Gasteiger partial charge in [0.15, 0.2) is 0 Å². The number of halogens is 2. The van der Waals surface area contributed by atoms with Gasteiger partial charge >= 0.3 is 0 Å². The second-order valence-electron chi connectivity index (χ2n) is 6.63. The Kier molecular flexibility index (Phi) is 3.86. The lowest BCUT2D eigenvalue weighted by Gasteiger charge is -2.38. The van der Waals surface area contributed by atoms with Crippen molar-refractivity contribution in [1.82, 2.24) is 14.9 Å². The fourth-order valence-electron chi connectivity index (χ4n) is 3.71. The number of hydrogen-bond donors (Lipinski definition) is 2. The van der Waals surface area contributed by atoms with Crippen LogP contribution < -0.4 is 5.73 Å². The highest BCUT2D eigenvalue weighted by atomic mass is 19.1. The molecule has 2 aliphatic rings. The second kappa shape index (κ2) is 5.91. The number of ether oxygens (including phenoxy) is 1. The van der Waals surface area contributed by atoms with E-state index in [9.17, 15) is 8.78 Å². The van der Waals surface area contributed by atoms with E-state index in [4.69, 9.17) is 10.5 Å². The van der Waals surface area contributed by atoms with Crippen molar-refractivity contribution in [1.29, 1.82) is 0 Å². The average molecular weight is 334 g/mol. The Hall–Kier alpha value is -1.83. The van der Waals surface area contributed by atoms with E-state index in [2.05, 4.69) is 14.9 Å². The highest BCUT2D eigenvalue weighted by Gasteiger charge is 2.37. The van der Waals surface area contributed by atoms with Crippen molar-refractivity contribution >= 4 is 0 Å². The van der Waals surface area contributed by atoms with Crippen LogP contribution in [0.5, 0.6) is 0 Å². The molecule has 128 valence electrons. The first-order valence-corrected chi connectivity index (χ1v) is 8.12. The number of hydrogen-bond acceptors (Lipinski definition) is 4. The zero-order valence-corrected chi connectivity index (χ0v) is 13.4. The Morgan fingerprint density at radius 3 is 2.92 bits per heavy atom. The second-order valence-corrected chi connectivity index (χ2v) is 6.63. The molecule has 0 saturated carbocycles. The van der Waals surface area contributed by atoms with E-state index in [1.165, 1.54) is 6.07 Å². The zero-order valence-electron chi connectivity index (χ0n) is 13.4. The third kappa shape index (κ3) is 2.72. The van der Waals surface area contributed by atoms with Crippen LogP contribution in [0.4, 0.5) is 8.78 Å². The van der Waals surface area contributed by atoms with Crippen molar-refractivity contribution in [3.05, 3.63) is 52.6 Å². The lowest BCUT2D eigenvalue weighted by atomic mass is 9.93. The van der Waals surface area contributed by atoms with Crippen molar-refractivity contribution in [2.24, 2.45) is 5.73 Å². The molecule has 0 unspecified atom stereocenters. The summed E-state index contributed by atoms with van der Waals surface area (Å²) >= 11 is 0. The number of aryl methyl sites for hydroxylation is 1. The summed E-state index contributed by atoms with van der Waals surface area (Å²) in [6.07, 6.45) is 0.0573. The van der Waals surface area contributed by atoms with Gasteiger partial charge in [0.05, 0.1) is 18.0 Å². The number of nitrogens with one attached hydrogen (secondary N) is 1. The van der Waals surface area contributed by atoms with Gasteiger partial charge in [-0.05, 0) is 31.5 Å². The van der Waals surface area contributed by atoms with Crippen LogP contribution in [0.2, 0.25) is 0 Å². The summed E-state index contributed by atoms with van der Waals surface area (Å²) < 4.78 is 33.2. The number of benzene rings is 1. The molecule has 0 spiro atoms. The third-order valence-electron chi connectivity index (χ3n) is 4.88. The molecule has 5 nitrogen and oxygen atoms in total. The molecule has 0 aliphatic carbocycles. The van der Waals surface area contributed by atoms with Gasteiger partial charge in [0.1, 0.15) is 23.6 Å². The number of aromatic nitrogens is 2. The molecular formula is C17H20F2N4O. The fourth-order valence-corrected chi connectivity index (χ4v) is 3.71. The first kappa shape index (κ1) is 15.7. The summed E-state index contributed by atoms with van der Waals surface area (Å²) in [5.41, 5.74) is 8.63. The summed E-state index contributed by atoms with van der Waals surface area (Å²) in [7, 11) is 0. The topological polar surface area (TPSA) is 67.2 Å². The van der Waals surface area contributed by atoms with Crippen molar-refractivity contribution in [2.75, 3.05) is 6.61 Å². The Morgan fingerprint density at radius 1 is 1.33 bits per heavy atom. The van der Waals surface area contributed by atoms with Gasteiger partial charge in [-0.2, -0.15) is 0 Å². The fraction of sp³-hybridized carbons (Fsp3) is 0.471. The molecule has 1 fully saturated rings. The van der Waals surface area contributed by atoms with E-state index in [1.807, 2.05) is 6.92 Å². The van der Waals surface area contributed by atoms with Gasteiger partial charge in [-0.25, -0.2) is 13.8 Å². The van der Waals surface area contributed by atoms with Crippen LogP contribution in [0.15, 0.2) is 18.2 Å². The summed E-state index contributed by atoms with van der Waals surface area (Å²) in [5, 5.41) is 0. The lowest BCUT2D eigenvalue weighted by molar-refractivity contribution is -0.0534. The molecule has 1 aromatic carbocycles. The maximum Gasteiger partial charge on any atom is 0.129 e. The van der Waals surface area contributed by atoms with Crippen LogP contribution >= 0.6 is 0 Å². The SMILES string of the molecule is Cc1nc2c([nH]1)CN([C@H]1CO[C@H](c3cc(F)ccc3F)[C@@H](N)C1)C2. The van der Waals surface area contributed by atoms with Gasteiger partial charge in [0.2, 0.25) is 0 Å². The van der Waals surface area contributed by atoms with Crippen LogP contribution in [-0.4, -0.2) is 33.6 Å². The Labute approximate surface area is 138 Å². The average Bonchev–Trinajstić information content (AvgIpc) is 3.07. The van der Waals surface area contributed by atoms with Gasteiger partial charge in [-0.3, -0.25) is 4.90 Å². The number of nitrogens with zero attached hydrogens (tertiary/aromatic N) is 2. The summed E-state index contributed by atoms with van der Waals surface area (Å²) in [4.78, 5) is 10.0. The summed E-state index contributed by atoms with van der Waals surface area (Å²) in [5.74, 6) is -0.0344. The zero-order chi connectivity index (χ0) is 16.8. The third-order valence-corrected chi connectivity index (χ3v) is 4.88. The minimum absolute atomic E-state index is 0.149. The van der Waals surface area contributed by atoms with Crippen LogP contribution in [0.1, 0.15) is 35.3 Å². The van der Waals surface area contributed by atoms with E-state index in [0.717, 1.165) is 42.4 Å². The molecule has 0 radical (unpaired) electrons. The van der Waals surface area contributed by atoms with Gasteiger partial charge in [-0.15, -0.1) is 0 Å². The number of aromatic amines is 1. The minimum Gasteiger partial charge on any atom is -0.370 e. The summed E-state index contributed by atoms with van der Waals surface area (Å²) in [6, 6.07) is 3.16. The molecule has 1 aromatic heterocycles. The normalized spacial score (nSPS) is 27.4. The molecular weight excluding hydrogens is 314 g/mol. The molecule has 2 aliphatic heterocycles. The molecule has 1 saturated heterocycles. The standard InChI is InChI=1S/C17H20F2N4O/c1-9-21-15-6-23(7-16(15)22-9)11-5-14(20)17(24-8-11)12-4-10(18)2-3-13(12)19/h2-4,11,14,17H,5-8,20H2,1H3,(H,21,22)/t11-,14+,17-/m1/s1. The highest BCUT2D eigenvalue weighted by molar-refractivity contribution is 5.24. The van der Waals surface area contributed by atoms with Gasteiger partial charge in [-0.1, -0.05) is 0 Å². The molecule has 3 heterocycles. The number of rotatable bonds is 2. The molecule has 7 heteroatoms.